The number of hydrogen-bond donors (Lipinski definition) is 0. The topological polar surface area (TPSA) is 34.4 Å². The summed E-state index contributed by atoms with van der Waals surface area (Å²) < 4.78 is 3.19. The molecule has 0 atom stereocenters. The quantitative estimate of drug-likeness (QED) is 0.662. The van der Waals surface area contributed by atoms with E-state index in [9.17, 15) is 4.79 Å². The van der Waals surface area contributed by atoms with Crippen molar-refractivity contribution < 1.29 is 4.79 Å². The molecule has 122 valence electrons. The molecule has 0 radical (unpaired) electrons. The van der Waals surface area contributed by atoms with E-state index < -0.39 is 0 Å². The molecule has 4 rings (SSSR count). The molecule has 1 aromatic heterocycles. The van der Waals surface area contributed by atoms with Crippen molar-refractivity contribution in [3.05, 3.63) is 63.4 Å². The first kappa shape index (κ1) is 15.6. The van der Waals surface area contributed by atoms with Gasteiger partial charge in [0.2, 0.25) is 0 Å². The van der Waals surface area contributed by atoms with Gasteiger partial charge in [-0.15, -0.1) is 0 Å². The Balaban J connectivity index is 1.87. The van der Waals surface area contributed by atoms with Crippen molar-refractivity contribution in [1.82, 2.24) is 4.57 Å². The molecule has 1 amide bonds. The summed E-state index contributed by atoms with van der Waals surface area (Å²) in [6.45, 7) is 2.81. The van der Waals surface area contributed by atoms with Gasteiger partial charge in [-0.25, -0.2) is 0 Å². The molecule has 1 fully saturated rings. The molecule has 0 unspecified atom stereocenters. The van der Waals surface area contributed by atoms with E-state index in [4.69, 9.17) is 11.6 Å². The number of aromatic nitrogens is 1. The predicted octanol–water partition coefficient (Wildman–Crippen LogP) is 4.82. The highest BCUT2D eigenvalue weighted by atomic mass is 35.5. The molecule has 24 heavy (non-hydrogen) atoms. The Morgan fingerprint density at radius 1 is 1.25 bits per heavy atom. The zero-order valence-electron chi connectivity index (χ0n) is 13.3. The average Bonchev–Trinajstić information content (AvgIpc) is 3.31. The van der Waals surface area contributed by atoms with E-state index in [1.807, 2.05) is 49.4 Å². The van der Waals surface area contributed by atoms with Crippen molar-refractivity contribution in [2.45, 2.75) is 26.3 Å². The Morgan fingerprint density at radius 3 is 2.79 bits per heavy atom. The van der Waals surface area contributed by atoms with Gasteiger partial charge < -0.3 is 4.57 Å². The predicted molar refractivity (Wildman–Crippen MR) is 98.6 cm³/mol. The Morgan fingerprint density at radius 2 is 2.04 bits per heavy atom. The van der Waals surface area contributed by atoms with Crippen molar-refractivity contribution in [2.24, 2.45) is 10.9 Å². The van der Waals surface area contributed by atoms with Gasteiger partial charge in [0.25, 0.3) is 5.91 Å². The first-order valence-corrected chi connectivity index (χ1v) is 9.25. The normalized spacial score (nSPS) is 15.2. The van der Waals surface area contributed by atoms with E-state index in [2.05, 4.69) is 9.56 Å². The van der Waals surface area contributed by atoms with Crippen molar-refractivity contribution in [3.8, 4) is 0 Å². The highest BCUT2D eigenvalue weighted by Gasteiger charge is 2.24. The van der Waals surface area contributed by atoms with Gasteiger partial charge in [-0.05, 0) is 49.4 Å². The van der Waals surface area contributed by atoms with Gasteiger partial charge in [-0.3, -0.25) is 4.79 Å². The molecule has 0 aliphatic heterocycles. The molecule has 5 heteroatoms. The minimum Gasteiger partial charge on any atom is -0.315 e. The van der Waals surface area contributed by atoms with E-state index in [0.29, 0.717) is 16.5 Å². The number of amides is 1. The zero-order valence-corrected chi connectivity index (χ0v) is 14.9. The maximum Gasteiger partial charge on any atom is 0.279 e. The second kappa shape index (κ2) is 6.19. The SMILES string of the molecule is Cc1ccccc1C(=O)N=c1sc2cccc(Cl)c2n1CC1CC1. The van der Waals surface area contributed by atoms with Gasteiger partial charge in [0.05, 0.1) is 15.2 Å². The van der Waals surface area contributed by atoms with E-state index in [-0.39, 0.29) is 5.91 Å². The fraction of sp³-hybridized carbons (Fsp3) is 0.263. The molecule has 3 nitrogen and oxygen atoms in total. The monoisotopic (exact) mass is 356 g/mol. The number of benzene rings is 2. The van der Waals surface area contributed by atoms with Crippen LogP contribution in [0.3, 0.4) is 0 Å². The highest BCUT2D eigenvalue weighted by Crippen LogP contribution is 2.33. The van der Waals surface area contributed by atoms with Gasteiger partial charge in [-0.1, -0.05) is 47.2 Å². The summed E-state index contributed by atoms with van der Waals surface area (Å²) in [4.78, 5) is 17.8. The molecule has 0 bridgehead atoms. The van der Waals surface area contributed by atoms with Crippen LogP contribution in [0.2, 0.25) is 5.02 Å². The van der Waals surface area contributed by atoms with Gasteiger partial charge >= 0.3 is 0 Å². The number of rotatable bonds is 3. The van der Waals surface area contributed by atoms with Gasteiger partial charge in [-0.2, -0.15) is 4.99 Å². The number of halogens is 1. The molecular formula is C19H17ClN2OS. The largest absolute Gasteiger partial charge is 0.315 e. The molecule has 1 aliphatic rings. The summed E-state index contributed by atoms with van der Waals surface area (Å²) in [5.41, 5.74) is 2.59. The van der Waals surface area contributed by atoms with Gasteiger partial charge in [0.15, 0.2) is 4.80 Å². The Labute approximate surface area is 149 Å². The Kier molecular flexibility index (Phi) is 4.02. The molecular weight excluding hydrogens is 340 g/mol. The third-order valence-electron chi connectivity index (χ3n) is 4.36. The lowest BCUT2D eigenvalue weighted by atomic mass is 10.1. The fourth-order valence-electron chi connectivity index (χ4n) is 2.86. The summed E-state index contributed by atoms with van der Waals surface area (Å²) in [6.07, 6.45) is 2.47. The molecule has 1 aliphatic carbocycles. The second-order valence-corrected chi connectivity index (χ2v) is 7.67. The number of nitrogens with zero attached hydrogens (tertiary/aromatic N) is 2. The average molecular weight is 357 g/mol. The zero-order chi connectivity index (χ0) is 16.7. The minimum absolute atomic E-state index is 0.194. The fourth-order valence-corrected chi connectivity index (χ4v) is 4.26. The summed E-state index contributed by atoms with van der Waals surface area (Å²) in [5.74, 6) is 0.479. The summed E-state index contributed by atoms with van der Waals surface area (Å²) in [7, 11) is 0. The molecule has 3 aromatic rings. The molecule has 0 N–H and O–H groups in total. The second-order valence-electron chi connectivity index (χ2n) is 6.26. The number of carbonyl (C=O) groups is 1. The lowest BCUT2D eigenvalue weighted by molar-refractivity contribution is 0.0997. The third kappa shape index (κ3) is 2.92. The van der Waals surface area contributed by atoms with Crippen LogP contribution in [0, 0.1) is 12.8 Å². The number of hydrogen-bond acceptors (Lipinski definition) is 2. The van der Waals surface area contributed by atoms with E-state index in [1.165, 1.54) is 24.2 Å². The maximum atomic E-state index is 12.6. The molecule has 0 saturated heterocycles. The number of fused-ring (bicyclic) bond motifs is 1. The van der Waals surface area contributed by atoms with Gasteiger partial charge in [0.1, 0.15) is 0 Å². The van der Waals surface area contributed by atoms with Crippen molar-refractivity contribution >= 4 is 39.1 Å². The van der Waals surface area contributed by atoms with Crippen LogP contribution in [-0.4, -0.2) is 10.5 Å². The van der Waals surface area contributed by atoms with Crippen LogP contribution in [0.5, 0.6) is 0 Å². The summed E-state index contributed by atoms with van der Waals surface area (Å²) >= 11 is 7.95. The minimum atomic E-state index is -0.194. The van der Waals surface area contributed by atoms with Crippen LogP contribution < -0.4 is 4.80 Å². The van der Waals surface area contributed by atoms with Crippen LogP contribution in [0.4, 0.5) is 0 Å². The van der Waals surface area contributed by atoms with Crippen LogP contribution in [-0.2, 0) is 6.54 Å². The number of aryl methyl sites for hydroxylation is 1. The van der Waals surface area contributed by atoms with Crippen LogP contribution >= 0.6 is 22.9 Å². The molecule has 1 saturated carbocycles. The first-order valence-electron chi connectivity index (χ1n) is 8.06. The Bertz CT molecular complexity index is 998. The summed E-state index contributed by atoms with van der Waals surface area (Å²) in [6, 6.07) is 13.4. The maximum absolute atomic E-state index is 12.6. The highest BCUT2D eigenvalue weighted by molar-refractivity contribution is 7.16. The van der Waals surface area contributed by atoms with Crippen LogP contribution in [0.1, 0.15) is 28.8 Å². The van der Waals surface area contributed by atoms with Crippen LogP contribution in [0.15, 0.2) is 47.5 Å². The number of carbonyl (C=O) groups excluding carboxylic acids is 1. The lowest BCUT2D eigenvalue weighted by Gasteiger charge is -2.05. The number of para-hydroxylation sites is 1. The van der Waals surface area contributed by atoms with Crippen molar-refractivity contribution in [2.75, 3.05) is 0 Å². The molecule has 1 heterocycles. The standard InChI is InChI=1S/C19H17ClN2OS/c1-12-5-2-3-6-14(12)18(23)21-19-22(11-13-9-10-13)17-15(20)7-4-8-16(17)24-19/h2-8,13H,9-11H2,1H3. The Hall–Kier alpha value is -1.91. The van der Waals surface area contributed by atoms with E-state index in [0.717, 1.165) is 27.1 Å². The number of thiazole rings is 1. The van der Waals surface area contributed by atoms with E-state index >= 15 is 0 Å². The summed E-state index contributed by atoms with van der Waals surface area (Å²) in [5, 5.41) is 0.717. The van der Waals surface area contributed by atoms with E-state index in [1.54, 1.807) is 0 Å². The molecule has 0 spiro atoms. The smallest absolute Gasteiger partial charge is 0.279 e. The lowest BCUT2D eigenvalue weighted by Crippen LogP contribution is -2.18. The van der Waals surface area contributed by atoms with Gasteiger partial charge in [0, 0.05) is 12.1 Å². The van der Waals surface area contributed by atoms with Crippen molar-refractivity contribution in [1.29, 1.82) is 0 Å². The first-order chi connectivity index (χ1) is 11.6. The van der Waals surface area contributed by atoms with Crippen LogP contribution in [0.25, 0.3) is 10.2 Å². The van der Waals surface area contributed by atoms with Crippen molar-refractivity contribution in [3.63, 3.8) is 0 Å². The third-order valence-corrected chi connectivity index (χ3v) is 5.71. The molecule has 2 aromatic carbocycles.